The molecule has 4 aromatic rings. The third-order valence-electron chi connectivity index (χ3n) is 4.16. The largest absolute Gasteiger partial charge is 0.857 e. The van der Waals surface area contributed by atoms with Crippen LogP contribution in [0.2, 0.25) is 0 Å². The number of fused-ring (bicyclic) bond motifs is 1. The zero-order valence-corrected chi connectivity index (χ0v) is 17.2. The van der Waals surface area contributed by atoms with Gasteiger partial charge in [0.1, 0.15) is 9.79 Å². The lowest BCUT2D eigenvalue weighted by Gasteiger charge is -2.13. The Morgan fingerprint density at radius 3 is 2.53 bits per heavy atom. The number of nitrogens with zero attached hydrogens (tertiary/aromatic N) is 1. The molecule has 7 nitrogen and oxygen atoms in total. The number of sulfonamides is 1. The zero-order valence-electron chi connectivity index (χ0n) is 15.5. The number of rotatable bonds is 7. The molecule has 0 spiro atoms. The fraction of sp³-hybridized carbons (Fsp3) is 0. The van der Waals surface area contributed by atoms with E-state index in [0.29, 0.717) is 28.3 Å². The summed E-state index contributed by atoms with van der Waals surface area (Å²) >= 11 is 1.12. The first kappa shape index (κ1) is 19.7. The van der Waals surface area contributed by atoms with E-state index in [2.05, 4.69) is 21.8 Å². The van der Waals surface area contributed by atoms with Gasteiger partial charge >= 0.3 is 0 Å². The van der Waals surface area contributed by atoms with Crippen molar-refractivity contribution in [2.75, 3.05) is 4.72 Å². The van der Waals surface area contributed by atoms with E-state index in [-0.39, 0.29) is 4.21 Å². The van der Waals surface area contributed by atoms with Gasteiger partial charge in [0.25, 0.3) is 10.0 Å². The number of anilines is 1. The maximum atomic E-state index is 12.3. The van der Waals surface area contributed by atoms with Crippen LogP contribution in [-0.2, 0) is 10.0 Å². The standard InChI is InChI=1S/C21H17N3O4S2/c1-14(19-13-16-5-2-3-6-18(16)28-19)22-23-21(25)15-8-10-17(11-9-15)24-30(26,27)20-7-4-12-29-20/h2-13,22,24H,1H2,(H,23,25)/p-1. The van der Waals surface area contributed by atoms with Crippen molar-refractivity contribution in [2.45, 2.75) is 4.21 Å². The molecule has 0 unspecified atom stereocenters. The molecule has 0 saturated carbocycles. The Morgan fingerprint density at radius 2 is 1.83 bits per heavy atom. The van der Waals surface area contributed by atoms with Crippen molar-refractivity contribution >= 4 is 49.6 Å². The van der Waals surface area contributed by atoms with E-state index in [4.69, 9.17) is 4.42 Å². The van der Waals surface area contributed by atoms with Crippen LogP contribution in [0, 0.1) is 0 Å². The molecule has 2 heterocycles. The Kier molecular flexibility index (Phi) is 5.30. The molecule has 0 fully saturated rings. The van der Waals surface area contributed by atoms with Gasteiger partial charge in [0, 0.05) is 17.0 Å². The van der Waals surface area contributed by atoms with Gasteiger partial charge in [-0.25, -0.2) is 8.42 Å². The molecule has 0 aliphatic carbocycles. The first-order valence-electron chi connectivity index (χ1n) is 8.78. The van der Waals surface area contributed by atoms with Crippen LogP contribution in [0.15, 0.2) is 92.4 Å². The average molecular weight is 439 g/mol. The van der Waals surface area contributed by atoms with Crippen LogP contribution in [-0.4, -0.2) is 14.3 Å². The number of nitrogens with one attached hydrogen (secondary N) is 2. The summed E-state index contributed by atoms with van der Waals surface area (Å²) in [5.41, 5.74) is 4.30. The predicted octanol–water partition coefficient (Wildman–Crippen LogP) is 3.58. The summed E-state index contributed by atoms with van der Waals surface area (Å²) in [6.45, 7) is 3.84. The molecule has 0 aliphatic heterocycles. The second-order valence-electron chi connectivity index (χ2n) is 6.27. The minimum Gasteiger partial charge on any atom is -0.857 e. The summed E-state index contributed by atoms with van der Waals surface area (Å²) in [6.07, 6.45) is 0. The average Bonchev–Trinajstić information content (AvgIpc) is 3.42. The molecule has 0 saturated heterocycles. The molecule has 0 bridgehead atoms. The molecule has 0 atom stereocenters. The van der Waals surface area contributed by atoms with Crippen LogP contribution in [0.25, 0.3) is 16.7 Å². The third-order valence-corrected chi connectivity index (χ3v) is 6.94. The van der Waals surface area contributed by atoms with Crippen LogP contribution in [0.3, 0.4) is 0 Å². The van der Waals surface area contributed by atoms with Gasteiger partial charge in [0.15, 0.2) is 5.76 Å². The maximum Gasteiger partial charge on any atom is 0.271 e. The van der Waals surface area contributed by atoms with E-state index in [0.717, 1.165) is 16.7 Å². The van der Waals surface area contributed by atoms with Crippen molar-refractivity contribution in [1.29, 1.82) is 0 Å². The number of furan rings is 1. The van der Waals surface area contributed by atoms with Gasteiger partial charge in [-0.05, 0) is 41.3 Å². The lowest BCUT2D eigenvalue weighted by molar-refractivity contribution is -0.213. The van der Waals surface area contributed by atoms with E-state index in [1.54, 1.807) is 17.5 Å². The molecule has 0 amide bonds. The molecule has 2 aromatic carbocycles. The summed E-state index contributed by atoms with van der Waals surface area (Å²) in [6, 6.07) is 18.5. The summed E-state index contributed by atoms with van der Waals surface area (Å²) in [4.78, 5) is 0. The van der Waals surface area contributed by atoms with Crippen LogP contribution >= 0.6 is 11.3 Å². The van der Waals surface area contributed by atoms with Gasteiger partial charge < -0.3 is 9.52 Å². The van der Waals surface area contributed by atoms with Crippen molar-refractivity contribution in [3.05, 3.63) is 90.0 Å². The molecule has 0 aliphatic rings. The minimum absolute atomic E-state index is 0.214. The Balaban J connectivity index is 1.43. The highest BCUT2D eigenvalue weighted by atomic mass is 32.2. The predicted molar refractivity (Wildman–Crippen MR) is 116 cm³/mol. The quantitative estimate of drug-likeness (QED) is 0.261. The topological polar surface area (TPSA) is 107 Å². The molecular weight excluding hydrogens is 422 g/mol. The van der Waals surface area contributed by atoms with Gasteiger partial charge in [0.2, 0.25) is 0 Å². The summed E-state index contributed by atoms with van der Waals surface area (Å²) in [7, 11) is -3.64. The van der Waals surface area contributed by atoms with Gasteiger partial charge in [-0.15, -0.1) is 11.3 Å². The Labute approximate surface area is 177 Å². The summed E-state index contributed by atoms with van der Waals surface area (Å²) < 4.78 is 32.8. The fourth-order valence-electron chi connectivity index (χ4n) is 2.67. The molecule has 4 rings (SSSR count). The van der Waals surface area contributed by atoms with Crippen molar-refractivity contribution < 1.29 is 17.9 Å². The van der Waals surface area contributed by atoms with Crippen molar-refractivity contribution in [3.8, 4) is 0 Å². The second kappa shape index (κ2) is 8.05. The molecule has 152 valence electrons. The number of hydrogen-bond acceptors (Lipinski definition) is 7. The lowest BCUT2D eigenvalue weighted by Crippen LogP contribution is -2.22. The van der Waals surface area contributed by atoms with E-state index >= 15 is 0 Å². The van der Waals surface area contributed by atoms with E-state index in [1.807, 2.05) is 24.3 Å². The number of para-hydroxylation sites is 1. The SMILES string of the molecule is C=C(NN=C([O-])c1ccc(NS(=O)(=O)c2cccs2)cc1)c1cc2ccccc2o1. The second-order valence-corrected chi connectivity index (χ2v) is 9.13. The number of hydrazone groups is 1. The smallest absolute Gasteiger partial charge is 0.271 e. The molecule has 9 heteroatoms. The van der Waals surface area contributed by atoms with Crippen molar-refractivity contribution in [3.63, 3.8) is 0 Å². The molecule has 2 aromatic heterocycles. The molecule has 0 radical (unpaired) electrons. The highest BCUT2D eigenvalue weighted by Gasteiger charge is 2.14. The van der Waals surface area contributed by atoms with Crippen molar-refractivity contribution in [1.82, 2.24) is 5.43 Å². The van der Waals surface area contributed by atoms with Gasteiger partial charge in [-0.1, -0.05) is 43.0 Å². The molecular formula is C21H16N3O4S2-. The Hall–Kier alpha value is -3.56. The monoisotopic (exact) mass is 438 g/mol. The van der Waals surface area contributed by atoms with Gasteiger partial charge in [-0.2, -0.15) is 5.10 Å². The third kappa shape index (κ3) is 4.22. The normalized spacial score (nSPS) is 12.1. The first-order chi connectivity index (χ1) is 14.4. The van der Waals surface area contributed by atoms with Crippen LogP contribution in [0.1, 0.15) is 11.3 Å². The van der Waals surface area contributed by atoms with E-state index < -0.39 is 15.9 Å². The molecule has 30 heavy (non-hydrogen) atoms. The van der Waals surface area contributed by atoms with E-state index in [1.165, 1.54) is 30.3 Å². The number of thiophene rings is 1. The highest BCUT2D eigenvalue weighted by Crippen LogP contribution is 2.23. The summed E-state index contributed by atoms with van der Waals surface area (Å²) in [5.74, 6) is -0.0500. The Morgan fingerprint density at radius 1 is 1.07 bits per heavy atom. The fourth-order valence-corrected chi connectivity index (χ4v) is 4.72. The number of hydrogen-bond donors (Lipinski definition) is 2. The highest BCUT2D eigenvalue weighted by molar-refractivity contribution is 7.94. The first-order valence-corrected chi connectivity index (χ1v) is 11.1. The summed E-state index contributed by atoms with van der Waals surface area (Å²) in [5, 5.41) is 18.7. The van der Waals surface area contributed by atoms with Gasteiger partial charge in [0.05, 0.1) is 5.70 Å². The van der Waals surface area contributed by atoms with Crippen LogP contribution in [0.4, 0.5) is 5.69 Å². The maximum absolute atomic E-state index is 12.3. The lowest BCUT2D eigenvalue weighted by atomic mass is 10.2. The molecule has 2 N–H and O–H groups in total. The van der Waals surface area contributed by atoms with Crippen molar-refractivity contribution in [2.24, 2.45) is 5.10 Å². The minimum atomic E-state index is -3.64. The number of benzene rings is 2. The van der Waals surface area contributed by atoms with Gasteiger partial charge in [-0.3, -0.25) is 10.1 Å². The zero-order chi connectivity index (χ0) is 21.1. The van der Waals surface area contributed by atoms with Crippen LogP contribution < -0.4 is 15.3 Å². The van der Waals surface area contributed by atoms with E-state index in [9.17, 15) is 13.5 Å². The Bertz CT molecular complexity index is 1290. The van der Waals surface area contributed by atoms with Crippen LogP contribution in [0.5, 0.6) is 0 Å².